The van der Waals surface area contributed by atoms with Crippen molar-refractivity contribution in [1.29, 1.82) is 0 Å². The third-order valence-corrected chi connectivity index (χ3v) is 3.90. The van der Waals surface area contributed by atoms with Crippen molar-refractivity contribution in [1.82, 2.24) is 4.90 Å². The van der Waals surface area contributed by atoms with Gasteiger partial charge in [-0.1, -0.05) is 0 Å². The van der Waals surface area contributed by atoms with E-state index in [1.54, 1.807) is 4.90 Å². The van der Waals surface area contributed by atoms with Crippen molar-refractivity contribution < 1.29 is 18.3 Å². The van der Waals surface area contributed by atoms with Gasteiger partial charge in [0.1, 0.15) is 11.6 Å². The predicted octanol–water partition coefficient (Wildman–Crippen LogP) is 3.00. The van der Waals surface area contributed by atoms with Crippen LogP contribution in [0, 0.1) is 17.6 Å². The van der Waals surface area contributed by atoms with Crippen LogP contribution < -0.4 is 5.32 Å². The number of nitrogens with one attached hydrogen (secondary N) is 1. The Bertz CT molecular complexity index is 528. The van der Waals surface area contributed by atoms with E-state index < -0.39 is 11.6 Å². The SMILES string of the molecule is O=C(Nc1ccc(F)cc1F)N(C[C@@H]1CCOC1)C1CC1. The first kappa shape index (κ1) is 14.3. The molecule has 1 heterocycles. The molecule has 0 radical (unpaired) electrons. The fourth-order valence-electron chi connectivity index (χ4n) is 2.57. The Morgan fingerprint density at radius 2 is 2.14 bits per heavy atom. The summed E-state index contributed by atoms with van der Waals surface area (Å²) >= 11 is 0. The van der Waals surface area contributed by atoms with Gasteiger partial charge in [0, 0.05) is 31.2 Å². The molecule has 4 nitrogen and oxygen atoms in total. The van der Waals surface area contributed by atoms with Gasteiger partial charge < -0.3 is 15.0 Å². The zero-order valence-electron chi connectivity index (χ0n) is 11.6. The van der Waals surface area contributed by atoms with Crippen LogP contribution in [-0.4, -0.2) is 36.7 Å². The second-order valence-electron chi connectivity index (χ2n) is 5.67. The topological polar surface area (TPSA) is 41.6 Å². The molecule has 3 rings (SSSR count). The van der Waals surface area contributed by atoms with Crippen LogP contribution in [0.2, 0.25) is 0 Å². The molecule has 1 saturated heterocycles. The number of urea groups is 1. The predicted molar refractivity (Wildman–Crippen MR) is 74.0 cm³/mol. The van der Waals surface area contributed by atoms with Gasteiger partial charge in [0.2, 0.25) is 0 Å². The number of carbonyl (C=O) groups is 1. The molecule has 1 atom stereocenters. The summed E-state index contributed by atoms with van der Waals surface area (Å²) in [5, 5.41) is 2.54. The number of halogens is 2. The molecule has 1 aliphatic carbocycles. The third kappa shape index (κ3) is 3.50. The summed E-state index contributed by atoms with van der Waals surface area (Å²) in [6.45, 7) is 2.03. The maximum absolute atomic E-state index is 13.6. The Labute approximate surface area is 122 Å². The first-order chi connectivity index (χ1) is 10.1. The standard InChI is InChI=1S/C15H18F2N2O2/c16-11-1-4-14(13(17)7-11)18-15(20)19(12-2-3-12)8-10-5-6-21-9-10/h1,4,7,10,12H,2-3,5-6,8-9H2,(H,18,20)/t10-/m0/s1. The Balaban J connectivity index is 1.66. The van der Waals surface area contributed by atoms with Gasteiger partial charge >= 0.3 is 6.03 Å². The summed E-state index contributed by atoms with van der Waals surface area (Å²) in [4.78, 5) is 14.1. The number of ether oxygens (including phenoxy) is 1. The molecule has 0 aromatic heterocycles. The minimum Gasteiger partial charge on any atom is -0.381 e. The molecule has 1 N–H and O–H groups in total. The average Bonchev–Trinajstić information content (AvgIpc) is 3.16. The highest BCUT2D eigenvalue weighted by atomic mass is 19.1. The maximum Gasteiger partial charge on any atom is 0.322 e. The van der Waals surface area contributed by atoms with E-state index in [1.807, 2.05) is 0 Å². The number of anilines is 1. The van der Waals surface area contributed by atoms with E-state index in [4.69, 9.17) is 4.74 Å². The summed E-state index contributed by atoms with van der Waals surface area (Å²) in [7, 11) is 0. The lowest BCUT2D eigenvalue weighted by Gasteiger charge is -2.25. The number of hydrogen-bond acceptors (Lipinski definition) is 2. The molecule has 2 fully saturated rings. The van der Waals surface area contributed by atoms with E-state index in [-0.39, 0.29) is 17.8 Å². The van der Waals surface area contributed by atoms with Crippen LogP contribution in [0.1, 0.15) is 19.3 Å². The molecule has 0 spiro atoms. The molecule has 1 aromatic rings. The number of rotatable bonds is 4. The monoisotopic (exact) mass is 296 g/mol. The fraction of sp³-hybridized carbons (Fsp3) is 0.533. The fourth-order valence-corrected chi connectivity index (χ4v) is 2.57. The Morgan fingerprint density at radius 3 is 2.76 bits per heavy atom. The van der Waals surface area contributed by atoms with E-state index in [0.717, 1.165) is 38.0 Å². The lowest BCUT2D eigenvalue weighted by molar-refractivity contribution is 0.167. The van der Waals surface area contributed by atoms with Crippen LogP contribution in [0.15, 0.2) is 18.2 Å². The van der Waals surface area contributed by atoms with Gasteiger partial charge in [-0.3, -0.25) is 0 Å². The lowest BCUT2D eigenvalue weighted by Crippen LogP contribution is -2.40. The van der Waals surface area contributed by atoms with Crippen LogP contribution in [0.3, 0.4) is 0 Å². The van der Waals surface area contributed by atoms with Gasteiger partial charge in [-0.15, -0.1) is 0 Å². The van der Waals surface area contributed by atoms with Crippen molar-refractivity contribution in [3.63, 3.8) is 0 Å². The van der Waals surface area contributed by atoms with Crippen molar-refractivity contribution >= 4 is 11.7 Å². The van der Waals surface area contributed by atoms with E-state index in [1.165, 1.54) is 6.07 Å². The highest BCUT2D eigenvalue weighted by Gasteiger charge is 2.35. The second kappa shape index (κ2) is 5.97. The molecule has 0 bridgehead atoms. The first-order valence-electron chi connectivity index (χ1n) is 7.24. The van der Waals surface area contributed by atoms with Gasteiger partial charge in [0.25, 0.3) is 0 Å². The van der Waals surface area contributed by atoms with Crippen LogP contribution in [0.5, 0.6) is 0 Å². The zero-order chi connectivity index (χ0) is 14.8. The van der Waals surface area contributed by atoms with Gasteiger partial charge in [-0.25, -0.2) is 13.6 Å². The van der Waals surface area contributed by atoms with Crippen molar-refractivity contribution in [2.45, 2.75) is 25.3 Å². The minimum absolute atomic E-state index is 0.00900. The highest BCUT2D eigenvalue weighted by molar-refractivity contribution is 5.89. The highest BCUT2D eigenvalue weighted by Crippen LogP contribution is 2.30. The molecule has 0 unspecified atom stereocenters. The van der Waals surface area contributed by atoms with Gasteiger partial charge in [0.05, 0.1) is 12.3 Å². The molecule has 6 heteroatoms. The normalized spacial score (nSPS) is 21.3. The molecular formula is C15H18F2N2O2. The number of benzene rings is 1. The van der Waals surface area contributed by atoms with Crippen molar-refractivity contribution in [2.75, 3.05) is 25.1 Å². The van der Waals surface area contributed by atoms with Gasteiger partial charge in [-0.05, 0) is 31.4 Å². The summed E-state index contributed by atoms with van der Waals surface area (Å²) in [6.07, 6.45) is 2.90. The van der Waals surface area contributed by atoms with E-state index in [0.29, 0.717) is 19.1 Å². The molecule has 1 aliphatic heterocycles. The van der Waals surface area contributed by atoms with Crippen LogP contribution in [0.25, 0.3) is 0 Å². The van der Waals surface area contributed by atoms with Crippen LogP contribution in [-0.2, 0) is 4.74 Å². The molecular weight excluding hydrogens is 278 g/mol. The van der Waals surface area contributed by atoms with E-state index >= 15 is 0 Å². The molecule has 114 valence electrons. The van der Waals surface area contributed by atoms with Crippen molar-refractivity contribution in [3.05, 3.63) is 29.8 Å². The average molecular weight is 296 g/mol. The number of nitrogens with zero attached hydrogens (tertiary/aromatic N) is 1. The molecule has 2 aliphatic rings. The second-order valence-corrected chi connectivity index (χ2v) is 5.67. The Morgan fingerprint density at radius 1 is 1.33 bits per heavy atom. The minimum atomic E-state index is -0.761. The number of carbonyl (C=O) groups excluding carboxylic acids is 1. The van der Waals surface area contributed by atoms with Crippen LogP contribution in [0.4, 0.5) is 19.3 Å². The quantitative estimate of drug-likeness (QED) is 0.928. The molecule has 1 saturated carbocycles. The molecule has 21 heavy (non-hydrogen) atoms. The van der Waals surface area contributed by atoms with Crippen molar-refractivity contribution in [3.8, 4) is 0 Å². The number of amides is 2. The van der Waals surface area contributed by atoms with Gasteiger partial charge in [0.15, 0.2) is 0 Å². The first-order valence-corrected chi connectivity index (χ1v) is 7.24. The lowest BCUT2D eigenvalue weighted by atomic mass is 10.1. The van der Waals surface area contributed by atoms with Crippen molar-refractivity contribution in [2.24, 2.45) is 5.92 Å². The summed E-state index contributed by atoms with van der Waals surface area (Å²) < 4.78 is 31.8. The zero-order valence-corrected chi connectivity index (χ0v) is 11.6. The van der Waals surface area contributed by atoms with Crippen LogP contribution >= 0.6 is 0 Å². The number of hydrogen-bond donors (Lipinski definition) is 1. The Hall–Kier alpha value is -1.69. The largest absolute Gasteiger partial charge is 0.381 e. The summed E-state index contributed by atoms with van der Waals surface area (Å²) in [5.41, 5.74) is 0.00900. The third-order valence-electron chi connectivity index (χ3n) is 3.90. The summed E-state index contributed by atoms with van der Waals surface area (Å²) in [5.74, 6) is -1.08. The van der Waals surface area contributed by atoms with E-state index in [9.17, 15) is 13.6 Å². The maximum atomic E-state index is 13.6. The summed E-state index contributed by atoms with van der Waals surface area (Å²) in [6, 6.07) is 3.04. The Kier molecular flexibility index (Phi) is 4.05. The van der Waals surface area contributed by atoms with E-state index in [2.05, 4.69) is 5.32 Å². The smallest absolute Gasteiger partial charge is 0.322 e. The van der Waals surface area contributed by atoms with Gasteiger partial charge in [-0.2, -0.15) is 0 Å². The molecule has 2 amide bonds. The molecule has 1 aromatic carbocycles.